The van der Waals surface area contributed by atoms with Gasteiger partial charge in [0.15, 0.2) is 11.5 Å². The van der Waals surface area contributed by atoms with Crippen molar-refractivity contribution in [3.8, 4) is 5.82 Å². The molecule has 0 fully saturated rings. The summed E-state index contributed by atoms with van der Waals surface area (Å²) in [6.45, 7) is 3.97. The van der Waals surface area contributed by atoms with Crippen LogP contribution < -0.4 is 0 Å². The maximum absolute atomic E-state index is 11.5. The predicted octanol–water partition coefficient (Wildman–Crippen LogP) is 1.75. The van der Waals surface area contributed by atoms with Crippen molar-refractivity contribution in [1.82, 2.24) is 14.8 Å². The molecule has 0 N–H and O–H groups in total. The SMILES string of the molecule is CCOC(=O)c1cc(C)n(-c2ccccn2)n1. The molecule has 0 amide bonds. The topological polar surface area (TPSA) is 57.0 Å². The largest absolute Gasteiger partial charge is 0.461 e. The summed E-state index contributed by atoms with van der Waals surface area (Å²) >= 11 is 0. The molecule has 5 heteroatoms. The summed E-state index contributed by atoms with van der Waals surface area (Å²) in [7, 11) is 0. The summed E-state index contributed by atoms with van der Waals surface area (Å²) in [5.74, 6) is 0.269. The first-order valence-corrected chi connectivity index (χ1v) is 5.37. The lowest BCUT2D eigenvalue weighted by atomic mass is 10.4. The number of nitrogens with zero attached hydrogens (tertiary/aromatic N) is 3. The van der Waals surface area contributed by atoms with Gasteiger partial charge in [-0.3, -0.25) is 0 Å². The Hall–Kier alpha value is -2.17. The summed E-state index contributed by atoms with van der Waals surface area (Å²) in [6.07, 6.45) is 1.68. The minimum absolute atomic E-state index is 0.301. The fourth-order valence-electron chi connectivity index (χ4n) is 1.49. The number of ether oxygens (including phenoxy) is 1. The van der Waals surface area contributed by atoms with E-state index < -0.39 is 5.97 Å². The van der Waals surface area contributed by atoms with Crippen LogP contribution in [0.15, 0.2) is 30.5 Å². The predicted molar refractivity (Wildman–Crippen MR) is 62.1 cm³/mol. The highest BCUT2D eigenvalue weighted by atomic mass is 16.5. The molecule has 17 heavy (non-hydrogen) atoms. The molecule has 0 unspecified atom stereocenters. The van der Waals surface area contributed by atoms with E-state index in [1.54, 1.807) is 23.9 Å². The molecule has 0 saturated carbocycles. The molecule has 0 spiro atoms. The van der Waals surface area contributed by atoms with Crippen molar-refractivity contribution in [1.29, 1.82) is 0 Å². The van der Waals surface area contributed by atoms with E-state index in [1.165, 1.54) is 0 Å². The number of hydrogen-bond acceptors (Lipinski definition) is 4. The molecule has 0 aliphatic rings. The Morgan fingerprint density at radius 1 is 1.47 bits per heavy atom. The lowest BCUT2D eigenvalue weighted by Crippen LogP contribution is -2.07. The maximum Gasteiger partial charge on any atom is 0.358 e. The van der Waals surface area contributed by atoms with Crippen LogP contribution in [-0.2, 0) is 4.74 Å². The molecule has 5 nitrogen and oxygen atoms in total. The highest BCUT2D eigenvalue weighted by Gasteiger charge is 2.14. The van der Waals surface area contributed by atoms with Gasteiger partial charge in [0.05, 0.1) is 6.61 Å². The van der Waals surface area contributed by atoms with Crippen molar-refractivity contribution >= 4 is 5.97 Å². The van der Waals surface area contributed by atoms with E-state index in [2.05, 4.69) is 10.1 Å². The molecule has 2 aromatic rings. The summed E-state index contributed by atoms with van der Waals surface area (Å²) in [4.78, 5) is 15.7. The van der Waals surface area contributed by atoms with Gasteiger partial charge >= 0.3 is 5.97 Å². The average Bonchev–Trinajstić information content (AvgIpc) is 2.73. The van der Waals surface area contributed by atoms with Crippen LogP contribution in [0.2, 0.25) is 0 Å². The molecule has 0 aliphatic heterocycles. The monoisotopic (exact) mass is 231 g/mol. The van der Waals surface area contributed by atoms with Crippen molar-refractivity contribution < 1.29 is 9.53 Å². The smallest absolute Gasteiger partial charge is 0.358 e. The molecular weight excluding hydrogens is 218 g/mol. The van der Waals surface area contributed by atoms with Crippen LogP contribution in [0, 0.1) is 6.92 Å². The van der Waals surface area contributed by atoms with Crippen LogP contribution in [0.3, 0.4) is 0 Å². The number of aryl methyl sites for hydroxylation is 1. The third-order valence-electron chi connectivity index (χ3n) is 2.24. The molecule has 0 bridgehead atoms. The average molecular weight is 231 g/mol. The van der Waals surface area contributed by atoms with E-state index in [1.807, 2.05) is 25.1 Å². The van der Waals surface area contributed by atoms with Crippen LogP contribution in [0.25, 0.3) is 5.82 Å². The molecule has 0 radical (unpaired) electrons. The van der Waals surface area contributed by atoms with Gasteiger partial charge in [0.2, 0.25) is 0 Å². The van der Waals surface area contributed by atoms with Crippen LogP contribution in [0.4, 0.5) is 0 Å². The maximum atomic E-state index is 11.5. The van der Waals surface area contributed by atoms with E-state index in [9.17, 15) is 4.79 Å². The summed E-state index contributed by atoms with van der Waals surface area (Å²) < 4.78 is 6.51. The molecule has 0 atom stereocenters. The van der Waals surface area contributed by atoms with Gasteiger partial charge in [-0.25, -0.2) is 14.5 Å². The Bertz CT molecular complexity index is 520. The van der Waals surface area contributed by atoms with Crippen molar-refractivity contribution in [2.75, 3.05) is 6.61 Å². The van der Waals surface area contributed by atoms with Crippen LogP contribution in [-0.4, -0.2) is 27.3 Å². The van der Waals surface area contributed by atoms with Gasteiger partial charge in [0.25, 0.3) is 0 Å². The highest BCUT2D eigenvalue weighted by Crippen LogP contribution is 2.10. The zero-order valence-corrected chi connectivity index (χ0v) is 9.75. The first-order valence-electron chi connectivity index (χ1n) is 5.37. The highest BCUT2D eigenvalue weighted by molar-refractivity contribution is 5.87. The number of carbonyl (C=O) groups is 1. The Morgan fingerprint density at radius 2 is 2.29 bits per heavy atom. The standard InChI is InChI=1S/C12H13N3O2/c1-3-17-12(16)10-8-9(2)15(14-10)11-6-4-5-7-13-11/h4-8H,3H2,1-2H3. The molecule has 0 saturated heterocycles. The fraction of sp³-hybridized carbons (Fsp3) is 0.250. The Labute approximate surface area is 99.1 Å². The third kappa shape index (κ3) is 2.33. The van der Waals surface area contributed by atoms with E-state index in [0.29, 0.717) is 18.1 Å². The second-order valence-corrected chi connectivity index (χ2v) is 3.49. The second kappa shape index (κ2) is 4.78. The van der Waals surface area contributed by atoms with Gasteiger partial charge in [0, 0.05) is 11.9 Å². The van der Waals surface area contributed by atoms with Gasteiger partial charge in [-0.05, 0) is 32.0 Å². The Balaban J connectivity index is 2.35. The van der Waals surface area contributed by atoms with Crippen molar-refractivity contribution in [2.24, 2.45) is 0 Å². The van der Waals surface area contributed by atoms with Gasteiger partial charge < -0.3 is 4.74 Å². The van der Waals surface area contributed by atoms with Crippen molar-refractivity contribution in [2.45, 2.75) is 13.8 Å². The lowest BCUT2D eigenvalue weighted by molar-refractivity contribution is 0.0519. The molecule has 2 rings (SSSR count). The van der Waals surface area contributed by atoms with Crippen LogP contribution in [0.5, 0.6) is 0 Å². The molecule has 88 valence electrons. The third-order valence-corrected chi connectivity index (χ3v) is 2.24. The van der Waals surface area contributed by atoms with E-state index >= 15 is 0 Å². The van der Waals surface area contributed by atoms with E-state index in [4.69, 9.17) is 4.74 Å². The number of esters is 1. The quantitative estimate of drug-likeness (QED) is 0.755. The Kier molecular flexibility index (Phi) is 3.18. The number of aromatic nitrogens is 3. The number of hydrogen-bond donors (Lipinski definition) is 0. The number of pyridine rings is 1. The van der Waals surface area contributed by atoms with Gasteiger partial charge in [-0.15, -0.1) is 0 Å². The first-order chi connectivity index (χ1) is 8.22. The van der Waals surface area contributed by atoms with Crippen molar-refractivity contribution in [3.63, 3.8) is 0 Å². The van der Waals surface area contributed by atoms with Crippen LogP contribution in [0.1, 0.15) is 23.1 Å². The van der Waals surface area contributed by atoms with E-state index in [0.717, 1.165) is 5.69 Å². The second-order valence-electron chi connectivity index (χ2n) is 3.49. The van der Waals surface area contributed by atoms with Gasteiger partial charge in [0.1, 0.15) is 0 Å². The number of carbonyl (C=O) groups excluding carboxylic acids is 1. The zero-order valence-electron chi connectivity index (χ0n) is 9.75. The molecule has 0 aliphatic carbocycles. The lowest BCUT2D eigenvalue weighted by Gasteiger charge is -2.01. The Morgan fingerprint density at radius 3 is 2.94 bits per heavy atom. The normalized spacial score (nSPS) is 10.2. The van der Waals surface area contributed by atoms with Gasteiger partial charge in [-0.1, -0.05) is 6.07 Å². The molecular formula is C12H13N3O2. The minimum Gasteiger partial charge on any atom is -0.461 e. The number of rotatable bonds is 3. The zero-order chi connectivity index (χ0) is 12.3. The summed E-state index contributed by atoms with van der Waals surface area (Å²) in [5, 5.41) is 4.18. The summed E-state index contributed by atoms with van der Waals surface area (Å²) in [5.41, 5.74) is 1.14. The summed E-state index contributed by atoms with van der Waals surface area (Å²) in [6, 6.07) is 7.21. The molecule has 0 aromatic carbocycles. The minimum atomic E-state index is -0.412. The van der Waals surface area contributed by atoms with E-state index in [-0.39, 0.29) is 0 Å². The fourth-order valence-corrected chi connectivity index (χ4v) is 1.49. The van der Waals surface area contributed by atoms with Crippen molar-refractivity contribution in [3.05, 3.63) is 41.9 Å². The molecule has 2 aromatic heterocycles. The van der Waals surface area contributed by atoms with Crippen LogP contribution >= 0.6 is 0 Å². The van der Waals surface area contributed by atoms with Gasteiger partial charge in [-0.2, -0.15) is 5.10 Å². The first kappa shape index (κ1) is 11.3. The molecule has 2 heterocycles.